The predicted octanol–water partition coefficient (Wildman–Crippen LogP) is 1.07. The van der Waals surface area contributed by atoms with Crippen molar-refractivity contribution < 1.29 is 10.0 Å². The summed E-state index contributed by atoms with van der Waals surface area (Å²) in [4.78, 5) is 4.92. The van der Waals surface area contributed by atoms with Gasteiger partial charge in [0.1, 0.15) is 12.7 Å². The minimum Gasteiger partial charge on any atom is -0.409 e. The van der Waals surface area contributed by atoms with Crippen molar-refractivity contribution in [3.63, 3.8) is 0 Å². The zero-order valence-corrected chi connectivity index (χ0v) is 8.97. The van der Waals surface area contributed by atoms with Crippen molar-refractivity contribution in [3.8, 4) is 6.07 Å². The number of nitrogens with zero attached hydrogens (tertiary/aromatic N) is 3. The van der Waals surface area contributed by atoms with E-state index in [0.29, 0.717) is 12.5 Å². The van der Waals surface area contributed by atoms with Crippen molar-refractivity contribution in [3.05, 3.63) is 0 Å². The smallest absolute Gasteiger partial charge is 0.224 e. The third-order valence-electron chi connectivity index (χ3n) is 1.75. The van der Waals surface area contributed by atoms with Gasteiger partial charge in [-0.3, -0.25) is 0 Å². The standard InChI is InChI=1S/C9H16N4O2/c1-3-4-7(2)6-15-13-8(5-10)9(11)12-14/h7,14H,3-4,6H2,1-2H3,(H2,11,12). The summed E-state index contributed by atoms with van der Waals surface area (Å²) in [6.45, 7) is 4.52. The average molecular weight is 212 g/mol. The quantitative estimate of drug-likeness (QED) is 0.297. The Kier molecular flexibility index (Phi) is 6.72. The van der Waals surface area contributed by atoms with Crippen LogP contribution in [0.15, 0.2) is 10.3 Å². The van der Waals surface area contributed by atoms with Gasteiger partial charge in [-0.15, -0.1) is 0 Å². The van der Waals surface area contributed by atoms with Gasteiger partial charge in [0.25, 0.3) is 0 Å². The molecule has 0 fully saturated rings. The molecule has 0 aromatic rings. The van der Waals surface area contributed by atoms with Crippen molar-refractivity contribution in [1.29, 1.82) is 5.26 Å². The van der Waals surface area contributed by atoms with E-state index < -0.39 is 0 Å². The van der Waals surface area contributed by atoms with Crippen LogP contribution in [0.25, 0.3) is 0 Å². The third kappa shape index (κ3) is 5.52. The highest BCUT2D eigenvalue weighted by atomic mass is 16.6. The molecule has 0 spiro atoms. The van der Waals surface area contributed by atoms with Crippen LogP contribution in [0.1, 0.15) is 26.7 Å². The maximum absolute atomic E-state index is 8.56. The van der Waals surface area contributed by atoms with Crippen LogP contribution in [-0.4, -0.2) is 23.4 Å². The number of oxime groups is 2. The average Bonchev–Trinajstić information content (AvgIpc) is 2.24. The summed E-state index contributed by atoms with van der Waals surface area (Å²) in [5, 5.41) is 23.0. The van der Waals surface area contributed by atoms with E-state index in [-0.39, 0.29) is 11.5 Å². The van der Waals surface area contributed by atoms with E-state index in [4.69, 9.17) is 21.0 Å². The Morgan fingerprint density at radius 3 is 2.80 bits per heavy atom. The second-order valence-corrected chi connectivity index (χ2v) is 3.23. The minimum atomic E-state index is -0.347. The summed E-state index contributed by atoms with van der Waals surface area (Å²) in [6, 6.07) is 1.67. The van der Waals surface area contributed by atoms with Crippen LogP contribution in [0.4, 0.5) is 0 Å². The van der Waals surface area contributed by atoms with Gasteiger partial charge in [0, 0.05) is 0 Å². The third-order valence-corrected chi connectivity index (χ3v) is 1.75. The van der Waals surface area contributed by atoms with Gasteiger partial charge in [0.05, 0.1) is 0 Å². The normalized spacial score (nSPS) is 14.5. The van der Waals surface area contributed by atoms with Gasteiger partial charge in [-0.1, -0.05) is 30.6 Å². The highest BCUT2D eigenvalue weighted by Gasteiger charge is 2.06. The van der Waals surface area contributed by atoms with Gasteiger partial charge in [-0.2, -0.15) is 5.26 Å². The molecule has 0 heterocycles. The SMILES string of the molecule is CCCC(C)CON=C(C#N)C(N)=NO. The Balaban J connectivity index is 4.10. The van der Waals surface area contributed by atoms with E-state index in [1.54, 1.807) is 6.07 Å². The molecule has 6 heteroatoms. The minimum absolute atomic E-state index is 0.221. The molecule has 0 amide bonds. The van der Waals surface area contributed by atoms with Crippen molar-refractivity contribution in [1.82, 2.24) is 0 Å². The molecule has 15 heavy (non-hydrogen) atoms. The Labute approximate surface area is 89.0 Å². The topological polar surface area (TPSA) is 104 Å². The summed E-state index contributed by atoms with van der Waals surface area (Å²) in [7, 11) is 0. The van der Waals surface area contributed by atoms with Crippen molar-refractivity contribution in [2.24, 2.45) is 22.0 Å². The van der Waals surface area contributed by atoms with Crippen LogP contribution < -0.4 is 5.73 Å². The summed E-state index contributed by atoms with van der Waals surface area (Å²) >= 11 is 0. The second-order valence-electron chi connectivity index (χ2n) is 3.23. The molecule has 0 aliphatic rings. The first-order valence-corrected chi connectivity index (χ1v) is 4.73. The van der Waals surface area contributed by atoms with Crippen LogP contribution in [0.3, 0.4) is 0 Å². The molecule has 0 aromatic carbocycles. The lowest BCUT2D eigenvalue weighted by atomic mass is 10.1. The zero-order chi connectivity index (χ0) is 11.7. The van der Waals surface area contributed by atoms with Crippen molar-refractivity contribution in [2.75, 3.05) is 6.61 Å². The molecule has 84 valence electrons. The fourth-order valence-electron chi connectivity index (χ4n) is 0.977. The fraction of sp³-hybridized carbons (Fsp3) is 0.667. The van der Waals surface area contributed by atoms with E-state index in [0.717, 1.165) is 12.8 Å². The molecule has 3 N–H and O–H groups in total. The lowest BCUT2D eigenvalue weighted by molar-refractivity contribution is 0.110. The van der Waals surface area contributed by atoms with E-state index in [1.807, 2.05) is 6.92 Å². The first-order chi connectivity index (χ1) is 7.15. The molecular weight excluding hydrogens is 196 g/mol. The molecule has 0 radical (unpaired) electrons. The number of hydrogen-bond donors (Lipinski definition) is 2. The highest BCUT2D eigenvalue weighted by Crippen LogP contribution is 2.04. The largest absolute Gasteiger partial charge is 0.409 e. The summed E-state index contributed by atoms with van der Waals surface area (Å²) in [6.07, 6.45) is 2.10. The van der Waals surface area contributed by atoms with Crippen LogP contribution in [0.2, 0.25) is 0 Å². The molecule has 0 rings (SSSR count). The highest BCUT2D eigenvalue weighted by molar-refractivity contribution is 6.46. The lowest BCUT2D eigenvalue weighted by Crippen LogP contribution is -2.23. The first-order valence-electron chi connectivity index (χ1n) is 4.73. The molecule has 0 aliphatic carbocycles. The van der Waals surface area contributed by atoms with Crippen LogP contribution in [-0.2, 0) is 4.84 Å². The van der Waals surface area contributed by atoms with Gasteiger partial charge in [0.2, 0.25) is 11.5 Å². The van der Waals surface area contributed by atoms with Crippen LogP contribution in [0.5, 0.6) is 0 Å². The molecule has 0 saturated carbocycles. The van der Waals surface area contributed by atoms with Gasteiger partial charge in [-0.25, -0.2) is 0 Å². The van der Waals surface area contributed by atoms with Crippen LogP contribution >= 0.6 is 0 Å². The van der Waals surface area contributed by atoms with Crippen molar-refractivity contribution >= 4 is 11.5 Å². The van der Waals surface area contributed by atoms with Gasteiger partial charge in [0.15, 0.2) is 0 Å². The van der Waals surface area contributed by atoms with E-state index in [9.17, 15) is 0 Å². The maximum atomic E-state index is 8.56. The molecule has 6 nitrogen and oxygen atoms in total. The van der Waals surface area contributed by atoms with Gasteiger partial charge < -0.3 is 15.8 Å². The van der Waals surface area contributed by atoms with E-state index >= 15 is 0 Å². The molecule has 0 aromatic heterocycles. The lowest BCUT2D eigenvalue weighted by Gasteiger charge is -2.07. The number of amidine groups is 1. The maximum Gasteiger partial charge on any atom is 0.224 e. The Morgan fingerprint density at radius 1 is 1.67 bits per heavy atom. The number of rotatable bonds is 6. The Hall–Kier alpha value is -1.77. The Bertz CT molecular complexity index is 280. The molecule has 0 saturated heterocycles. The second kappa shape index (κ2) is 7.62. The van der Waals surface area contributed by atoms with Gasteiger partial charge >= 0.3 is 0 Å². The zero-order valence-electron chi connectivity index (χ0n) is 8.97. The Morgan fingerprint density at radius 2 is 2.33 bits per heavy atom. The van der Waals surface area contributed by atoms with Gasteiger partial charge in [-0.05, 0) is 12.3 Å². The van der Waals surface area contributed by atoms with E-state index in [2.05, 4.69) is 17.2 Å². The summed E-state index contributed by atoms with van der Waals surface area (Å²) < 4.78 is 0. The monoisotopic (exact) mass is 212 g/mol. The number of nitriles is 1. The summed E-state index contributed by atoms with van der Waals surface area (Å²) in [5.41, 5.74) is 4.95. The molecule has 1 atom stereocenters. The predicted molar refractivity (Wildman–Crippen MR) is 56.5 cm³/mol. The molecule has 0 bridgehead atoms. The van der Waals surface area contributed by atoms with E-state index in [1.165, 1.54) is 0 Å². The number of nitrogens with two attached hydrogens (primary N) is 1. The molecular formula is C9H16N4O2. The van der Waals surface area contributed by atoms with Crippen molar-refractivity contribution in [2.45, 2.75) is 26.7 Å². The fourth-order valence-corrected chi connectivity index (χ4v) is 0.977. The molecule has 1 unspecified atom stereocenters. The number of hydrogen-bond acceptors (Lipinski definition) is 5. The summed E-state index contributed by atoms with van der Waals surface area (Å²) in [5.74, 6) is 0.0200. The van der Waals surface area contributed by atoms with Crippen LogP contribution in [0, 0.1) is 17.2 Å². The first kappa shape index (κ1) is 13.2. The molecule has 0 aliphatic heterocycles.